The van der Waals surface area contributed by atoms with Crippen molar-refractivity contribution in [2.45, 2.75) is 19.6 Å². The van der Waals surface area contributed by atoms with Gasteiger partial charge in [-0.05, 0) is 30.8 Å². The minimum Gasteiger partial charge on any atom is -0.296 e. The Labute approximate surface area is 135 Å². The van der Waals surface area contributed by atoms with Crippen LogP contribution in [-0.4, -0.2) is 21.7 Å². The molecule has 0 spiro atoms. The van der Waals surface area contributed by atoms with Crippen molar-refractivity contribution in [2.24, 2.45) is 0 Å². The highest BCUT2D eigenvalue weighted by molar-refractivity contribution is 5.66. The summed E-state index contributed by atoms with van der Waals surface area (Å²) in [7, 11) is 2.06. The lowest BCUT2D eigenvalue weighted by Gasteiger charge is -2.13. The molecular formula is C19H17FN3. The van der Waals surface area contributed by atoms with Gasteiger partial charge in [-0.3, -0.25) is 9.58 Å². The first kappa shape index (κ1) is 14.2. The molecular weight excluding hydrogens is 289 g/mol. The monoisotopic (exact) mass is 306 g/mol. The number of rotatable bonds is 3. The highest BCUT2D eigenvalue weighted by atomic mass is 19.1. The van der Waals surface area contributed by atoms with Crippen LogP contribution in [0.5, 0.6) is 0 Å². The lowest BCUT2D eigenvalue weighted by molar-refractivity contribution is 0.346. The molecule has 0 bridgehead atoms. The molecule has 0 N–H and O–H groups in total. The van der Waals surface area contributed by atoms with E-state index in [2.05, 4.69) is 18.0 Å². The van der Waals surface area contributed by atoms with Gasteiger partial charge in [0.25, 0.3) is 0 Å². The van der Waals surface area contributed by atoms with E-state index in [0.717, 1.165) is 35.6 Å². The van der Waals surface area contributed by atoms with Gasteiger partial charge in [-0.2, -0.15) is 5.10 Å². The predicted octanol–water partition coefficient (Wildman–Crippen LogP) is 3.48. The van der Waals surface area contributed by atoms with Crippen LogP contribution in [0.3, 0.4) is 0 Å². The summed E-state index contributed by atoms with van der Waals surface area (Å²) in [5.74, 6) is -0.206. The van der Waals surface area contributed by atoms with E-state index in [-0.39, 0.29) is 5.82 Å². The number of hydrogen-bond donors (Lipinski definition) is 0. The number of aromatic nitrogens is 2. The van der Waals surface area contributed by atoms with Crippen LogP contribution in [0.4, 0.5) is 4.39 Å². The topological polar surface area (TPSA) is 21.1 Å². The van der Waals surface area contributed by atoms with Crippen LogP contribution < -0.4 is 0 Å². The maximum absolute atomic E-state index is 14.4. The van der Waals surface area contributed by atoms with Crippen molar-refractivity contribution in [1.82, 2.24) is 14.7 Å². The smallest absolute Gasteiger partial charge is 0.132 e. The summed E-state index contributed by atoms with van der Waals surface area (Å²) in [6, 6.07) is 18.0. The van der Waals surface area contributed by atoms with Crippen molar-refractivity contribution in [3.8, 4) is 11.3 Å². The van der Waals surface area contributed by atoms with Crippen LogP contribution in [0.15, 0.2) is 48.5 Å². The Morgan fingerprint density at radius 1 is 1.13 bits per heavy atom. The Morgan fingerprint density at radius 3 is 2.74 bits per heavy atom. The van der Waals surface area contributed by atoms with E-state index in [1.54, 1.807) is 6.07 Å². The molecule has 1 aromatic heterocycles. The van der Waals surface area contributed by atoms with Crippen LogP contribution >= 0.6 is 0 Å². The largest absolute Gasteiger partial charge is 0.296 e. The molecule has 2 heterocycles. The molecule has 0 atom stereocenters. The van der Waals surface area contributed by atoms with Crippen LogP contribution in [0.25, 0.3) is 11.3 Å². The van der Waals surface area contributed by atoms with Gasteiger partial charge in [-0.15, -0.1) is 0 Å². The first-order valence-corrected chi connectivity index (χ1v) is 7.70. The fourth-order valence-corrected chi connectivity index (χ4v) is 3.18. The third-order valence-corrected chi connectivity index (χ3v) is 4.20. The summed E-state index contributed by atoms with van der Waals surface area (Å²) < 4.78 is 16.3. The quantitative estimate of drug-likeness (QED) is 0.738. The zero-order chi connectivity index (χ0) is 15.8. The molecule has 3 nitrogen and oxygen atoms in total. The van der Waals surface area contributed by atoms with Crippen molar-refractivity contribution in [3.05, 3.63) is 77.2 Å². The minimum atomic E-state index is -0.206. The van der Waals surface area contributed by atoms with Crippen LogP contribution in [0.1, 0.15) is 16.8 Å². The second-order valence-corrected chi connectivity index (χ2v) is 5.97. The summed E-state index contributed by atoms with van der Waals surface area (Å²) in [4.78, 5) is 2.20. The second-order valence-electron chi connectivity index (χ2n) is 5.97. The van der Waals surface area contributed by atoms with Gasteiger partial charge in [-0.25, -0.2) is 4.39 Å². The minimum absolute atomic E-state index is 0.206. The molecule has 23 heavy (non-hydrogen) atoms. The van der Waals surface area contributed by atoms with Gasteiger partial charge in [-0.1, -0.05) is 36.4 Å². The van der Waals surface area contributed by atoms with E-state index < -0.39 is 0 Å². The van der Waals surface area contributed by atoms with Gasteiger partial charge in [0.1, 0.15) is 5.82 Å². The molecule has 0 unspecified atom stereocenters. The first-order valence-electron chi connectivity index (χ1n) is 7.70. The van der Waals surface area contributed by atoms with E-state index in [4.69, 9.17) is 5.10 Å². The molecule has 3 aromatic rings. The Hall–Kier alpha value is -2.46. The number of nitrogens with zero attached hydrogens (tertiary/aromatic N) is 3. The van der Waals surface area contributed by atoms with Crippen molar-refractivity contribution in [1.29, 1.82) is 0 Å². The van der Waals surface area contributed by atoms with Crippen LogP contribution in [0.2, 0.25) is 0 Å². The zero-order valence-electron chi connectivity index (χ0n) is 13.0. The van der Waals surface area contributed by atoms with Gasteiger partial charge in [0, 0.05) is 24.2 Å². The third kappa shape index (κ3) is 2.55. The Morgan fingerprint density at radius 2 is 1.96 bits per heavy atom. The van der Waals surface area contributed by atoms with E-state index in [1.807, 2.05) is 41.1 Å². The Balaban J connectivity index is 1.84. The molecule has 0 saturated heterocycles. The van der Waals surface area contributed by atoms with Crippen molar-refractivity contribution in [2.75, 3.05) is 7.05 Å². The van der Waals surface area contributed by atoms with Gasteiger partial charge >= 0.3 is 0 Å². The molecule has 0 fully saturated rings. The van der Waals surface area contributed by atoms with E-state index in [0.29, 0.717) is 12.1 Å². The fraction of sp³-hybridized carbons (Fsp3) is 0.211. The normalized spacial score (nSPS) is 14.2. The molecule has 0 amide bonds. The summed E-state index contributed by atoms with van der Waals surface area (Å²) in [6.45, 7) is 2.21. The average Bonchev–Trinajstić information content (AvgIpc) is 3.05. The van der Waals surface area contributed by atoms with E-state index in [1.165, 1.54) is 6.07 Å². The van der Waals surface area contributed by atoms with Gasteiger partial charge < -0.3 is 0 Å². The SMILES string of the molecule is CN1Cc2nn(Cc3[c]cccc3)c(-c3ccccc3F)c2C1. The van der Waals surface area contributed by atoms with Gasteiger partial charge in [0.15, 0.2) is 0 Å². The summed E-state index contributed by atoms with van der Waals surface area (Å²) in [6.07, 6.45) is 0. The number of fused-ring (bicyclic) bond motifs is 1. The molecule has 0 saturated carbocycles. The summed E-state index contributed by atoms with van der Waals surface area (Å²) in [5.41, 5.74) is 4.72. The zero-order valence-corrected chi connectivity index (χ0v) is 13.0. The highest BCUT2D eigenvalue weighted by Gasteiger charge is 2.27. The van der Waals surface area contributed by atoms with Crippen LogP contribution in [-0.2, 0) is 19.6 Å². The van der Waals surface area contributed by atoms with E-state index >= 15 is 0 Å². The molecule has 1 radical (unpaired) electrons. The average molecular weight is 306 g/mol. The van der Waals surface area contributed by atoms with Crippen molar-refractivity contribution < 1.29 is 4.39 Å². The third-order valence-electron chi connectivity index (χ3n) is 4.20. The lowest BCUT2D eigenvalue weighted by atomic mass is 10.1. The lowest BCUT2D eigenvalue weighted by Crippen LogP contribution is -2.13. The molecule has 1 aliphatic heterocycles. The molecule has 1 aliphatic rings. The maximum Gasteiger partial charge on any atom is 0.132 e. The Kier molecular flexibility index (Phi) is 3.46. The fourth-order valence-electron chi connectivity index (χ4n) is 3.18. The molecule has 2 aromatic carbocycles. The number of halogens is 1. The number of hydrogen-bond acceptors (Lipinski definition) is 2. The molecule has 115 valence electrons. The van der Waals surface area contributed by atoms with Gasteiger partial charge in [0.2, 0.25) is 0 Å². The highest BCUT2D eigenvalue weighted by Crippen LogP contribution is 2.33. The second kappa shape index (κ2) is 5.63. The first-order chi connectivity index (χ1) is 11.2. The van der Waals surface area contributed by atoms with Crippen molar-refractivity contribution in [3.63, 3.8) is 0 Å². The summed E-state index contributed by atoms with van der Waals surface area (Å²) >= 11 is 0. The van der Waals surface area contributed by atoms with Gasteiger partial charge in [0.05, 0.1) is 17.9 Å². The standard InChI is InChI=1S/C19H17FN3/c1-22-12-16-18(13-22)21-23(11-14-7-3-2-4-8-14)19(16)15-9-5-6-10-17(15)20/h2-7,9-10H,11-13H2,1H3. The summed E-state index contributed by atoms with van der Waals surface area (Å²) in [5, 5.41) is 4.74. The van der Waals surface area contributed by atoms with Crippen molar-refractivity contribution >= 4 is 0 Å². The van der Waals surface area contributed by atoms with E-state index in [9.17, 15) is 4.39 Å². The Bertz CT molecular complexity index is 839. The molecule has 0 aliphatic carbocycles. The van der Waals surface area contributed by atoms with Crippen LogP contribution in [0, 0.1) is 11.9 Å². The molecule has 4 rings (SSSR count). The predicted molar refractivity (Wildman–Crippen MR) is 87.2 cm³/mol. The maximum atomic E-state index is 14.4. The number of benzene rings is 2. The molecule has 4 heteroatoms.